The SMILES string of the molecule is CCc1ccc(NS(=O)(=O)C(C)C(=O)O)cc1. The van der Waals surface area contributed by atoms with E-state index in [-0.39, 0.29) is 0 Å². The van der Waals surface area contributed by atoms with Crippen LogP contribution in [0.3, 0.4) is 0 Å². The summed E-state index contributed by atoms with van der Waals surface area (Å²) in [5, 5.41) is 7.18. The molecule has 0 aromatic heterocycles. The maximum Gasteiger partial charge on any atom is 0.323 e. The molecule has 5 nitrogen and oxygen atoms in total. The van der Waals surface area contributed by atoms with Crippen LogP contribution < -0.4 is 4.72 Å². The van der Waals surface area contributed by atoms with Gasteiger partial charge in [0.1, 0.15) is 0 Å². The Kier molecular flexibility index (Phi) is 4.11. The molecule has 0 aliphatic carbocycles. The normalized spacial score (nSPS) is 13.1. The van der Waals surface area contributed by atoms with Gasteiger partial charge in [-0.3, -0.25) is 9.52 Å². The van der Waals surface area contributed by atoms with Crippen molar-refractivity contribution in [1.82, 2.24) is 0 Å². The van der Waals surface area contributed by atoms with Crippen molar-refractivity contribution in [3.8, 4) is 0 Å². The van der Waals surface area contributed by atoms with Crippen LogP contribution in [0.15, 0.2) is 24.3 Å². The zero-order chi connectivity index (χ0) is 13.1. The van der Waals surface area contributed by atoms with Crippen molar-refractivity contribution in [2.75, 3.05) is 4.72 Å². The van der Waals surface area contributed by atoms with E-state index in [4.69, 9.17) is 5.11 Å². The molecule has 0 aliphatic heterocycles. The first-order valence-electron chi connectivity index (χ1n) is 5.20. The minimum absolute atomic E-state index is 0.371. The summed E-state index contributed by atoms with van der Waals surface area (Å²) in [6, 6.07) is 6.82. The number of aryl methyl sites for hydroxylation is 1. The second-order valence-electron chi connectivity index (χ2n) is 3.68. The number of hydrogen-bond acceptors (Lipinski definition) is 3. The zero-order valence-corrected chi connectivity index (χ0v) is 10.5. The maximum atomic E-state index is 11.6. The Balaban J connectivity index is 2.86. The molecule has 1 aromatic carbocycles. The predicted octanol–water partition coefficient (Wildman–Crippen LogP) is 1.46. The van der Waals surface area contributed by atoms with Crippen LogP contribution in [0.2, 0.25) is 0 Å². The van der Waals surface area contributed by atoms with E-state index in [1.165, 1.54) is 0 Å². The second kappa shape index (κ2) is 5.18. The molecule has 6 heteroatoms. The summed E-state index contributed by atoms with van der Waals surface area (Å²) >= 11 is 0. The number of aliphatic carboxylic acids is 1. The van der Waals surface area contributed by atoms with Crippen molar-refractivity contribution in [2.45, 2.75) is 25.5 Å². The monoisotopic (exact) mass is 257 g/mol. The van der Waals surface area contributed by atoms with Crippen molar-refractivity contribution in [1.29, 1.82) is 0 Å². The van der Waals surface area contributed by atoms with E-state index in [9.17, 15) is 13.2 Å². The van der Waals surface area contributed by atoms with Gasteiger partial charge in [-0.1, -0.05) is 19.1 Å². The molecule has 1 aromatic rings. The Hall–Kier alpha value is -1.56. The molecule has 0 aliphatic rings. The molecule has 1 rings (SSSR count). The lowest BCUT2D eigenvalue weighted by Crippen LogP contribution is -2.32. The lowest BCUT2D eigenvalue weighted by molar-refractivity contribution is -0.136. The maximum absolute atomic E-state index is 11.6. The fraction of sp³-hybridized carbons (Fsp3) is 0.364. The van der Waals surface area contributed by atoms with E-state index in [1.807, 2.05) is 6.92 Å². The molecule has 0 saturated heterocycles. The molecule has 94 valence electrons. The summed E-state index contributed by atoms with van der Waals surface area (Å²) in [4.78, 5) is 10.6. The molecule has 2 N–H and O–H groups in total. The van der Waals surface area contributed by atoms with Crippen molar-refractivity contribution in [2.24, 2.45) is 0 Å². The van der Waals surface area contributed by atoms with Gasteiger partial charge in [-0.25, -0.2) is 8.42 Å². The van der Waals surface area contributed by atoms with Crippen LogP contribution in [-0.4, -0.2) is 24.7 Å². The third kappa shape index (κ3) is 3.45. The second-order valence-corrected chi connectivity index (χ2v) is 5.68. The van der Waals surface area contributed by atoms with Crippen LogP contribution in [0.5, 0.6) is 0 Å². The lowest BCUT2D eigenvalue weighted by atomic mass is 10.2. The van der Waals surface area contributed by atoms with Crippen LogP contribution in [0, 0.1) is 0 Å². The summed E-state index contributed by atoms with van der Waals surface area (Å²) in [6.07, 6.45) is 0.860. The highest BCUT2D eigenvalue weighted by Gasteiger charge is 2.27. The molecule has 0 fully saturated rings. The van der Waals surface area contributed by atoms with Gasteiger partial charge in [-0.2, -0.15) is 0 Å². The van der Waals surface area contributed by atoms with E-state index < -0.39 is 21.2 Å². The van der Waals surface area contributed by atoms with Gasteiger partial charge in [0.05, 0.1) is 0 Å². The minimum Gasteiger partial charge on any atom is -0.480 e. The zero-order valence-electron chi connectivity index (χ0n) is 9.67. The molecule has 0 heterocycles. The number of carboxylic acid groups (broad SMARTS) is 1. The third-order valence-electron chi connectivity index (χ3n) is 2.44. The summed E-state index contributed by atoms with van der Waals surface area (Å²) in [6.45, 7) is 3.12. The average Bonchev–Trinajstić information content (AvgIpc) is 2.28. The fourth-order valence-corrected chi connectivity index (χ4v) is 2.10. The van der Waals surface area contributed by atoms with Gasteiger partial charge in [-0.15, -0.1) is 0 Å². The molecule has 1 atom stereocenters. The van der Waals surface area contributed by atoms with Crippen molar-refractivity contribution < 1.29 is 18.3 Å². The number of hydrogen-bond donors (Lipinski definition) is 2. The van der Waals surface area contributed by atoms with E-state index in [0.717, 1.165) is 18.9 Å². The number of sulfonamides is 1. The molecule has 17 heavy (non-hydrogen) atoms. The highest BCUT2D eigenvalue weighted by Crippen LogP contribution is 2.13. The quantitative estimate of drug-likeness (QED) is 0.836. The van der Waals surface area contributed by atoms with Gasteiger partial charge in [0.2, 0.25) is 10.0 Å². The van der Waals surface area contributed by atoms with Crippen LogP contribution in [-0.2, 0) is 21.2 Å². The van der Waals surface area contributed by atoms with Gasteiger partial charge in [-0.05, 0) is 31.0 Å². The number of nitrogens with one attached hydrogen (secondary N) is 1. The fourth-order valence-electron chi connectivity index (χ4n) is 1.19. The predicted molar refractivity (Wildman–Crippen MR) is 65.5 cm³/mol. The number of benzene rings is 1. The van der Waals surface area contributed by atoms with Gasteiger partial charge < -0.3 is 5.11 Å². The van der Waals surface area contributed by atoms with Crippen LogP contribution >= 0.6 is 0 Å². The Labute approximate surface area is 101 Å². The summed E-state index contributed by atoms with van der Waals surface area (Å²) in [5.74, 6) is -1.37. The van der Waals surface area contributed by atoms with Crippen molar-refractivity contribution in [3.05, 3.63) is 29.8 Å². The topological polar surface area (TPSA) is 83.5 Å². The van der Waals surface area contributed by atoms with Crippen LogP contribution in [0.4, 0.5) is 5.69 Å². The molecule has 0 saturated carbocycles. The Morgan fingerprint density at radius 3 is 2.29 bits per heavy atom. The first-order chi connectivity index (χ1) is 7.86. The van der Waals surface area contributed by atoms with Crippen molar-refractivity contribution >= 4 is 21.7 Å². The number of carboxylic acids is 1. The minimum atomic E-state index is -3.88. The Bertz CT molecular complexity index is 493. The Morgan fingerprint density at radius 1 is 1.35 bits per heavy atom. The summed E-state index contributed by atoms with van der Waals surface area (Å²) in [5.41, 5.74) is 1.45. The largest absolute Gasteiger partial charge is 0.480 e. The molecular weight excluding hydrogens is 242 g/mol. The lowest BCUT2D eigenvalue weighted by Gasteiger charge is -2.11. The number of carbonyl (C=O) groups is 1. The number of anilines is 1. The van der Waals surface area contributed by atoms with E-state index >= 15 is 0 Å². The average molecular weight is 257 g/mol. The van der Waals surface area contributed by atoms with E-state index in [1.54, 1.807) is 24.3 Å². The van der Waals surface area contributed by atoms with Gasteiger partial charge in [0.15, 0.2) is 5.25 Å². The standard InChI is InChI=1S/C11H15NO4S/c1-3-9-4-6-10(7-5-9)12-17(15,16)8(2)11(13)14/h4-8,12H,3H2,1-2H3,(H,13,14). The highest BCUT2D eigenvalue weighted by molar-refractivity contribution is 7.94. The smallest absolute Gasteiger partial charge is 0.323 e. The molecular formula is C11H15NO4S. The Morgan fingerprint density at radius 2 is 1.88 bits per heavy atom. The molecule has 0 radical (unpaired) electrons. The summed E-state index contributed by atoms with van der Waals surface area (Å²) in [7, 11) is -3.88. The molecule has 0 bridgehead atoms. The van der Waals surface area contributed by atoms with E-state index in [0.29, 0.717) is 5.69 Å². The highest BCUT2D eigenvalue weighted by atomic mass is 32.2. The third-order valence-corrected chi connectivity index (χ3v) is 4.09. The summed E-state index contributed by atoms with van der Waals surface area (Å²) < 4.78 is 25.4. The number of rotatable bonds is 5. The first kappa shape index (κ1) is 13.5. The molecule has 1 unspecified atom stereocenters. The molecule has 0 spiro atoms. The van der Waals surface area contributed by atoms with Gasteiger partial charge in [0.25, 0.3) is 0 Å². The molecule has 0 amide bonds. The van der Waals surface area contributed by atoms with Crippen LogP contribution in [0.25, 0.3) is 0 Å². The van der Waals surface area contributed by atoms with E-state index in [2.05, 4.69) is 4.72 Å². The van der Waals surface area contributed by atoms with Gasteiger partial charge >= 0.3 is 5.97 Å². The first-order valence-corrected chi connectivity index (χ1v) is 6.75. The van der Waals surface area contributed by atoms with Crippen molar-refractivity contribution in [3.63, 3.8) is 0 Å². The van der Waals surface area contributed by atoms with Gasteiger partial charge in [0, 0.05) is 5.69 Å². The van der Waals surface area contributed by atoms with Crippen LogP contribution in [0.1, 0.15) is 19.4 Å².